The molecule has 3 heteroatoms. The number of hydrogen-bond donors (Lipinski definition) is 2. The highest BCUT2D eigenvalue weighted by atomic mass is 15.1. The topological polar surface area (TPSA) is 37.0 Å². The molecule has 0 amide bonds. The normalized spacial score (nSPS) is 22.9. The number of rotatable bonds is 6. The first-order chi connectivity index (χ1) is 7.79. The van der Waals surface area contributed by atoms with E-state index in [4.69, 9.17) is 0 Å². The predicted octanol–water partition coefficient (Wildman–Crippen LogP) is 2.97. The van der Waals surface area contributed by atoms with Gasteiger partial charge in [0, 0.05) is 13.1 Å². The van der Waals surface area contributed by atoms with E-state index in [2.05, 4.69) is 29.5 Å². The van der Waals surface area contributed by atoms with Crippen LogP contribution in [0.5, 0.6) is 0 Å². The van der Waals surface area contributed by atoms with Crippen molar-refractivity contribution >= 4 is 11.6 Å². The Labute approximate surface area is 97.7 Å². The molecule has 1 saturated carbocycles. The quantitative estimate of drug-likeness (QED) is 0.772. The van der Waals surface area contributed by atoms with Crippen LogP contribution in [0.1, 0.15) is 26.7 Å². The highest BCUT2D eigenvalue weighted by molar-refractivity contribution is 5.45. The summed E-state index contributed by atoms with van der Waals surface area (Å²) in [6, 6.07) is 6.09. The van der Waals surface area contributed by atoms with Gasteiger partial charge in [0.05, 0.1) is 0 Å². The molecule has 1 aromatic heterocycles. The van der Waals surface area contributed by atoms with Crippen LogP contribution in [-0.4, -0.2) is 18.1 Å². The second-order valence-electron chi connectivity index (χ2n) is 4.69. The number of aromatic nitrogens is 1. The third-order valence-electron chi connectivity index (χ3n) is 3.13. The Kier molecular flexibility index (Phi) is 3.65. The van der Waals surface area contributed by atoms with Crippen LogP contribution in [0, 0.1) is 11.8 Å². The van der Waals surface area contributed by atoms with Crippen molar-refractivity contribution < 1.29 is 0 Å². The van der Waals surface area contributed by atoms with E-state index < -0.39 is 0 Å². The van der Waals surface area contributed by atoms with E-state index in [1.807, 2.05) is 18.2 Å². The highest BCUT2D eigenvalue weighted by Gasteiger charge is 2.31. The summed E-state index contributed by atoms with van der Waals surface area (Å²) in [6.45, 7) is 6.50. The molecule has 0 radical (unpaired) electrons. The van der Waals surface area contributed by atoms with Gasteiger partial charge in [0.1, 0.15) is 11.6 Å². The molecule has 0 aromatic carbocycles. The van der Waals surface area contributed by atoms with E-state index in [1.54, 1.807) is 0 Å². The lowest BCUT2D eigenvalue weighted by molar-refractivity contribution is 0.784. The largest absolute Gasteiger partial charge is 0.370 e. The Morgan fingerprint density at radius 3 is 2.62 bits per heavy atom. The minimum Gasteiger partial charge on any atom is -0.370 e. The third kappa shape index (κ3) is 3.12. The van der Waals surface area contributed by atoms with Crippen molar-refractivity contribution in [3.05, 3.63) is 18.2 Å². The third-order valence-corrected chi connectivity index (χ3v) is 3.13. The Bertz CT molecular complexity index is 338. The van der Waals surface area contributed by atoms with Crippen LogP contribution in [0.4, 0.5) is 11.6 Å². The summed E-state index contributed by atoms with van der Waals surface area (Å²) in [6.07, 6.45) is 2.49. The molecule has 0 aliphatic heterocycles. The van der Waals surface area contributed by atoms with Crippen LogP contribution >= 0.6 is 0 Å². The second kappa shape index (κ2) is 5.19. The molecule has 2 N–H and O–H groups in total. The fraction of sp³-hybridized carbons (Fsp3) is 0.615. The number of hydrogen-bond acceptors (Lipinski definition) is 3. The number of pyridine rings is 1. The molecule has 88 valence electrons. The predicted molar refractivity (Wildman–Crippen MR) is 68.8 cm³/mol. The summed E-state index contributed by atoms with van der Waals surface area (Å²) in [4.78, 5) is 4.51. The van der Waals surface area contributed by atoms with E-state index in [-0.39, 0.29) is 0 Å². The molecule has 2 rings (SSSR count). The van der Waals surface area contributed by atoms with Gasteiger partial charge in [-0.2, -0.15) is 0 Å². The first kappa shape index (κ1) is 11.2. The molecule has 0 bridgehead atoms. The second-order valence-corrected chi connectivity index (χ2v) is 4.69. The summed E-state index contributed by atoms with van der Waals surface area (Å²) >= 11 is 0. The Hall–Kier alpha value is -1.25. The minimum atomic E-state index is 0.856. The van der Waals surface area contributed by atoms with Gasteiger partial charge in [-0.25, -0.2) is 4.98 Å². The molecule has 1 fully saturated rings. The Balaban J connectivity index is 1.83. The Morgan fingerprint density at radius 1 is 1.31 bits per heavy atom. The maximum atomic E-state index is 4.51. The molecule has 1 heterocycles. The zero-order chi connectivity index (χ0) is 11.4. The van der Waals surface area contributed by atoms with E-state index in [9.17, 15) is 0 Å². The summed E-state index contributed by atoms with van der Waals surface area (Å²) in [7, 11) is 0. The summed E-state index contributed by atoms with van der Waals surface area (Å²) in [5, 5.41) is 6.70. The van der Waals surface area contributed by atoms with Crippen LogP contribution < -0.4 is 10.6 Å². The minimum absolute atomic E-state index is 0.856. The molecular weight excluding hydrogens is 198 g/mol. The summed E-state index contributed by atoms with van der Waals surface area (Å²) in [5.74, 6) is 3.71. The van der Waals surface area contributed by atoms with Gasteiger partial charge in [0.25, 0.3) is 0 Å². The summed E-state index contributed by atoms with van der Waals surface area (Å²) in [5.41, 5.74) is 0. The van der Waals surface area contributed by atoms with Gasteiger partial charge < -0.3 is 10.6 Å². The van der Waals surface area contributed by atoms with Crippen molar-refractivity contribution in [1.29, 1.82) is 0 Å². The van der Waals surface area contributed by atoms with Gasteiger partial charge in [-0.05, 0) is 36.8 Å². The van der Waals surface area contributed by atoms with Crippen LogP contribution in [0.2, 0.25) is 0 Å². The van der Waals surface area contributed by atoms with Gasteiger partial charge in [-0.3, -0.25) is 0 Å². The monoisotopic (exact) mass is 219 g/mol. The van der Waals surface area contributed by atoms with Crippen LogP contribution in [0.25, 0.3) is 0 Å². The fourth-order valence-corrected chi connectivity index (χ4v) is 1.80. The van der Waals surface area contributed by atoms with Crippen molar-refractivity contribution in [1.82, 2.24) is 4.98 Å². The molecule has 2 atom stereocenters. The van der Waals surface area contributed by atoms with Crippen LogP contribution in [0.3, 0.4) is 0 Å². The standard InChI is InChI=1S/C13H21N3/c1-3-7-14-12-5-4-6-13(16-12)15-9-11-8-10(11)2/h4-6,10-11H,3,7-9H2,1-2H3,(H2,14,15,16). The maximum absolute atomic E-state index is 4.51. The van der Waals surface area contributed by atoms with Crippen molar-refractivity contribution in [2.24, 2.45) is 11.8 Å². The average Bonchev–Trinajstić information content (AvgIpc) is 3.01. The number of anilines is 2. The smallest absolute Gasteiger partial charge is 0.128 e. The lowest BCUT2D eigenvalue weighted by Crippen LogP contribution is -2.08. The Morgan fingerprint density at radius 2 is 2.00 bits per heavy atom. The van der Waals surface area contributed by atoms with Gasteiger partial charge in [-0.1, -0.05) is 19.9 Å². The van der Waals surface area contributed by atoms with Crippen molar-refractivity contribution in [3.63, 3.8) is 0 Å². The van der Waals surface area contributed by atoms with Crippen LogP contribution in [-0.2, 0) is 0 Å². The molecular formula is C13H21N3. The van der Waals surface area contributed by atoms with Crippen LogP contribution in [0.15, 0.2) is 18.2 Å². The van der Waals surface area contributed by atoms with Crippen molar-refractivity contribution in [2.75, 3.05) is 23.7 Å². The van der Waals surface area contributed by atoms with E-state index in [0.29, 0.717) is 0 Å². The van der Waals surface area contributed by atoms with E-state index in [1.165, 1.54) is 6.42 Å². The first-order valence-corrected chi connectivity index (χ1v) is 6.24. The highest BCUT2D eigenvalue weighted by Crippen LogP contribution is 2.37. The number of nitrogens with zero attached hydrogens (tertiary/aromatic N) is 1. The molecule has 1 aliphatic carbocycles. The zero-order valence-electron chi connectivity index (χ0n) is 10.2. The lowest BCUT2D eigenvalue weighted by Gasteiger charge is -2.08. The van der Waals surface area contributed by atoms with E-state index >= 15 is 0 Å². The van der Waals surface area contributed by atoms with Crippen molar-refractivity contribution in [3.8, 4) is 0 Å². The molecule has 3 nitrogen and oxygen atoms in total. The molecule has 0 spiro atoms. The lowest BCUT2D eigenvalue weighted by atomic mass is 10.3. The van der Waals surface area contributed by atoms with Gasteiger partial charge in [0.15, 0.2) is 0 Å². The first-order valence-electron chi connectivity index (χ1n) is 6.24. The van der Waals surface area contributed by atoms with Gasteiger partial charge in [0.2, 0.25) is 0 Å². The molecule has 0 saturated heterocycles. The molecule has 1 aliphatic rings. The maximum Gasteiger partial charge on any atom is 0.128 e. The number of nitrogens with one attached hydrogen (secondary N) is 2. The zero-order valence-corrected chi connectivity index (χ0v) is 10.2. The average molecular weight is 219 g/mol. The van der Waals surface area contributed by atoms with E-state index in [0.717, 1.165) is 43.0 Å². The molecule has 2 unspecified atom stereocenters. The summed E-state index contributed by atoms with van der Waals surface area (Å²) < 4.78 is 0. The fourth-order valence-electron chi connectivity index (χ4n) is 1.80. The molecule has 1 aromatic rings. The van der Waals surface area contributed by atoms with Gasteiger partial charge in [-0.15, -0.1) is 0 Å². The van der Waals surface area contributed by atoms with Gasteiger partial charge >= 0.3 is 0 Å². The molecule has 16 heavy (non-hydrogen) atoms. The van der Waals surface area contributed by atoms with Crippen molar-refractivity contribution in [2.45, 2.75) is 26.7 Å². The SMILES string of the molecule is CCCNc1cccc(NCC2CC2C)n1.